The van der Waals surface area contributed by atoms with E-state index >= 15 is 0 Å². The molecule has 2 N–H and O–H groups in total. The third-order valence-corrected chi connectivity index (χ3v) is 3.66. The summed E-state index contributed by atoms with van der Waals surface area (Å²) in [5.74, 6) is -0.866. The van der Waals surface area contributed by atoms with Crippen LogP contribution >= 0.6 is 0 Å². The Morgan fingerprint density at radius 2 is 2.00 bits per heavy atom. The molecule has 2 heterocycles. The van der Waals surface area contributed by atoms with Gasteiger partial charge in [-0.25, -0.2) is 0 Å². The number of rotatable bonds is 3. The molecule has 1 atom stereocenters. The first kappa shape index (κ1) is 13.5. The molecule has 1 aliphatic heterocycles. The maximum Gasteiger partial charge on any atom is 0.261 e. The number of aryl methyl sites for hydroxylation is 1. The first-order valence-corrected chi connectivity index (χ1v) is 6.59. The van der Waals surface area contributed by atoms with Gasteiger partial charge in [-0.05, 0) is 25.1 Å². The number of pyridine rings is 1. The van der Waals surface area contributed by atoms with Gasteiger partial charge in [-0.2, -0.15) is 0 Å². The Labute approximate surface area is 121 Å². The average Bonchev–Trinajstić information content (AvgIpc) is 2.72. The predicted molar refractivity (Wildman–Crippen MR) is 76.9 cm³/mol. The van der Waals surface area contributed by atoms with Gasteiger partial charge in [-0.1, -0.05) is 17.7 Å². The van der Waals surface area contributed by atoms with Crippen molar-refractivity contribution in [1.29, 1.82) is 0 Å². The first-order chi connectivity index (χ1) is 10.0. The largest absolute Gasteiger partial charge is 0.375 e. The second-order valence-electron chi connectivity index (χ2n) is 5.20. The molecule has 5 nitrogen and oxygen atoms in total. The van der Waals surface area contributed by atoms with Crippen LogP contribution in [-0.2, 0) is 10.4 Å². The highest BCUT2D eigenvalue weighted by Gasteiger charge is 2.46. The lowest BCUT2D eigenvalue weighted by atomic mass is 9.87. The number of Topliss-reactive ketones (excluding diaryl/α,β-unsaturated/α-hetero) is 1. The number of nitrogens with zero attached hydrogens (tertiary/aromatic N) is 1. The fourth-order valence-electron chi connectivity index (χ4n) is 2.51. The van der Waals surface area contributed by atoms with E-state index in [1.165, 1.54) is 12.4 Å². The molecule has 0 bridgehead atoms. The Kier molecular flexibility index (Phi) is 3.07. The zero-order valence-electron chi connectivity index (χ0n) is 11.5. The summed E-state index contributed by atoms with van der Waals surface area (Å²) >= 11 is 0. The van der Waals surface area contributed by atoms with Crippen LogP contribution in [0.4, 0.5) is 5.69 Å². The highest BCUT2D eigenvalue weighted by atomic mass is 16.3. The summed E-state index contributed by atoms with van der Waals surface area (Å²) in [4.78, 5) is 28.2. The summed E-state index contributed by atoms with van der Waals surface area (Å²) in [7, 11) is 0. The van der Waals surface area contributed by atoms with Crippen LogP contribution in [0, 0.1) is 6.92 Å². The summed E-state index contributed by atoms with van der Waals surface area (Å²) < 4.78 is 0. The normalized spacial score (nSPS) is 20.0. The van der Waals surface area contributed by atoms with Crippen molar-refractivity contribution in [1.82, 2.24) is 4.98 Å². The molecule has 0 fully saturated rings. The molecule has 5 heteroatoms. The lowest BCUT2D eigenvalue weighted by molar-refractivity contribution is -0.133. The standard InChI is InChI=1S/C16H14N2O3/c1-10-2-3-13-12(8-10)16(21,15(20)18-13)9-14(19)11-4-6-17-7-5-11/h2-8,21H,9H2,1H3,(H,18,20)/t16-/m1/s1. The van der Waals surface area contributed by atoms with Gasteiger partial charge in [0.2, 0.25) is 0 Å². The fraction of sp³-hybridized carbons (Fsp3) is 0.188. The van der Waals surface area contributed by atoms with Gasteiger partial charge in [0, 0.05) is 29.2 Å². The summed E-state index contributed by atoms with van der Waals surface area (Å²) in [6.45, 7) is 1.87. The second kappa shape index (κ2) is 4.79. The van der Waals surface area contributed by atoms with Crippen molar-refractivity contribution in [3.05, 3.63) is 59.4 Å². The van der Waals surface area contributed by atoms with E-state index in [1.807, 2.05) is 13.0 Å². The number of aromatic nitrogens is 1. The fourth-order valence-corrected chi connectivity index (χ4v) is 2.51. The Morgan fingerprint density at radius 1 is 1.29 bits per heavy atom. The van der Waals surface area contributed by atoms with Crippen molar-refractivity contribution in [2.75, 3.05) is 5.32 Å². The molecule has 2 aromatic rings. The van der Waals surface area contributed by atoms with Crippen molar-refractivity contribution < 1.29 is 14.7 Å². The number of hydrogen-bond acceptors (Lipinski definition) is 4. The van der Waals surface area contributed by atoms with Gasteiger partial charge in [0.05, 0.1) is 6.42 Å². The number of ketones is 1. The van der Waals surface area contributed by atoms with Gasteiger partial charge in [0.15, 0.2) is 11.4 Å². The molecule has 0 radical (unpaired) electrons. The topological polar surface area (TPSA) is 79.3 Å². The number of aliphatic hydroxyl groups is 1. The number of anilines is 1. The van der Waals surface area contributed by atoms with Crippen LogP contribution in [0.1, 0.15) is 27.9 Å². The van der Waals surface area contributed by atoms with Crippen LogP contribution < -0.4 is 5.32 Å². The number of benzene rings is 1. The molecule has 1 aromatic heterocycles. The smallest absolute Gasteiger partial charge is 0.261 e. The number of amides is 1. The minimum absolute atomic E-state index is 0.292. The third kappa shape index (κ3) is 2.21. The van der Waals surface area contributed by atoms with Gasteiger partial charge in [0.25, 0.3) is 5.91 Å². The molecule has 0 saturated heterocycles. The van der Waals surface area contributed by atoms with Gasteiger partial charge in [-0.15, -0.1) is 0 Å². The maximum atomic E-state index is 12.3. The summed E-state index contributed by atoms with van der Waals surface area (Å²) in [5, 5.41) is 13.3. The second-order valence-corrected chi connectivity index (χ2v) is 5.20. The SMILES string of the molecule is Cc1ccc2c(c1)[C@](O)(CC(=O)c1ccncc1)C(=O)N2. The van der Waals surface area contributed by atoms with E-state index in [0.29, 0.717) is 16.8 Å². The molecule has 0 spiro atoms. The monoisotopic (exact) mass is 282 g/mol. The van der Waals surface area contributed by atoms with E-state index < -0.39 is 11.5 Å². The maximum absolute atomic E-state index is 12.3. The average molecular weight is 282 g/mol. The molecule has 1 aliphatic rings. The molecule has 1 aromatic carbocycles. The van der Waals surface area contributed by atoms with E-state index in [9.17, 15) is 14.7 Å². The lowest BCUT2D eigenvalue weighted by Crippen LogP contribution is -2.36. The predicted octanol–water partition coefficient (Wildman–Crippen LogP) is 1.80. The van der Waals surface area contributed by atoms with Crippen molar-refractivity contribution in [3.63, 3.8) is 0 Å². The van der Waals surface area contributed by atoms with E-state index in [1.54, 1.807) is 24.3 Å². The van der Waals surface area contributed by atoms with E-state index in [4.69, 9.17) is 0 Å². The lowest BCUT2D eigenvalue weighted by Gasteiger charge is -2.20. The van der Waals surface area contributed by atoms with E-state index in [-0.39, 0.29) is 12.2 Å². The van der Waals surface area contributed by atoms with Crippen LogP contribution in [0.25, 0.3) is 0 Å². The number of carbonyl (C=O) groups excluding carboxylic acids is 2. The molecular formula is C16H14N2O3. The minimum Gasteiger partial charge on any atom is -0.375 e. The Balaban J connectivity index is 1.97. The molecule has 21 heavy (non-hydrogen) atoms. The molecule has 0 saturated carbocycles. The number of carbonyl (C=O) groups is 2. The van der Waals surface area contributed by atoms with Crippen LogP contribution in [0.15, 0.2) is 42.7 Å². The number of nitrogens with one attached hydrogen (secondary N) is 1. The Morgan fingerprint density at radius 3 is 2.71 bits per heavy atom. The quantitative estimate of drug-likeness (QED) is 0.841. The molecular weight excluding hydrogens is 268 g/mol. The highest BCUT2D eigenvalue weighted by molar-refractivity contribution is 6.09. The molecule has 1 amide bonds. The molecule has 3 rings (SSSR count). The Hall–Kier alpha value is -2.53. The van der Waals surface area contributed by atoms with Gasteiger partial charge in [0.1, 0.15) is 0 Å². The summed E-state index contributed by atoms with van der Waals surface area (Å²) in [5.41, 5.74) is 0.528. The highest BCUT2D eigenvalue weighted by Crippen LogP contribution is 2.39. The summed E-state index contributed by atoms with van der Waals surface area (Å²) in [6.07, 6.45) is 2.72. The van der Waals surface area contributed by atoms with E-state index in [2.05, 4.69) is 10.3 Å². The van der Waals surface area contributed by atoms with Crippen LogP contribution in [0.3, 0.4) is 0 Å². The van der Waals surface area contributed by atoms with Crippen molar-refractivity contribution in [3.8, 4) is 0 Å². The Bertz CT molecular complexity index is 728. The van der Waals surface area contributed by atoms with Crippen LogP contribution in [-0.4, -0.2) is 21.8 Å². The number of hydrogen-bond donors (Lipinski definition) is 2. The van der Waals surface area contributed by atoms with Gasteiger partial charge in [-0.3, -0.25) is 14.6 Å². The van der Waals surface area contributed by atoms with Crippen molar-refractivity contribution in [2.45, 2.75) is 18.9 Å². The van der Waals surface area contributed by atoms with Crippen LogP contribution in [0.5, 0.6) is 0 Å². The van der Waals surface area contributed by atoms with E-state index in [0.717, 1.165) is 5.56 Å². The van der Waals surface area contributed by atoms with Crippen molar-refractivity contribution in [2.24, 2.45) is 0 Å². The zero-order valence-corrected chi connectivity index (χ0v) is 11.5. The summed E-state index contributed by atoms with van der Waals surface area (Å²) in [6, 6.07) is 8.44. The minimum atomic E-state index is -1.82. The van der Waals surface area contributed by atoms with Gasteiger partial charge >= 0.3 is 0 Å². The molecule has 0 aliphatic carbocycles. The van der Waals surface area contributed by atoms with Crippen molar-refractivity contribution >= 4 is 17.4 Å². The number of fused-ring (bicyclic) bond motifs is 1. The van der Waals surface area contributed by atoms with Crippen LogP contribution in [0.2, 0.25) is 0 Å². The molecule has 0 unspecified atom stereocenters. The third-order valence-electron chi connectivity index (χ3n) is 3.66. The van der Waals surface area contributed by atoms with Gasteiger partial charge < -0.3 is 10.4 Å². The molecule has 106 valence electrons. The zero-order chi connectivity index (χ0) is 15.0. The first-order valence-electron chi connectivity index (χ1n) is 6.59.